The SMILES string of the molecule is CNc1ccc2c(c1)OB(O)C2. The monoisotopic (exact) mass is 163 g/mol. The Morgan fingerprint density at radius 3 is 3.17 bits per heavy atom. The number of benzene rings is 1. The van der Waals surface area contributed by atoms with Gasteiger partial charge in [0.2, 0.25) is 0 Å². The minimum absolute atomic E-state index is 0.597. The van der Waals surface area contributed by atoms with Crippen LogP contribution in [0.25, 0.3) is 0 Å². The molecule has 1 aliphatic heterocycles. The summed E-state index contributed by atoms with van der Waals surface area (Å²) in [5.74, 6) is 0.786. The first-order valence-electron chi connectivity index (χ1n) is 3.95. The lowest BCUT2D eigenvalue weighted by atomic mass is 9.85. The predicted molar refractivity (Wildman–Crippen MR) is 48.3 cm³/mol. The molecule has 0 amide bonds. The van der Waals surface area contributed by atoms with E-state index in [-0.39, 0.29) is 0 Å². The van der Waals surface area contributed by atoms with Gasteiger partial charge in [-0.05, 0) is 11.6 Å². The average Bonchev–Trinajstić information content (AvgIpc) is 2.43. The van der Waals surface area contributed by atoms with E-state index in [2.05, 4.69) is 5.32 Å². The molecule has 2 rings (SSSR count). The van der Waals surface area contributed by atoms with Crippen LogP contribution < -0.4 is 9.97 Å². The van der Waals surface area contributed by atoms with E-state index < -0.39 is 7.12 Å². The first-order chi connectivity index (χ1) is 5.79. The molecule has 0 aliphatic carbocycles. The summed E-state index contributed by atoms with van der Waals surface area (Å²) in [5.41, 5.74) is 2.07. The van der Waals surface area contributed by atoms with Gasteiger partial charge in [-0.15, -0.1) is 0 Å². The van der Waals surface area contributed by atoms with Crippen LogP contribution >= 0.6 is 0 Å². The summed E-state index contributed by atoms with van der Waals surface area (Å²) in [5, 5.41) is 12.2. The molecule has 0 unspecified atom stereocenters. The van der Waals surface area contributed by atoms with E-state index >= 15 is 0 Å². The maximum atomic E-state index is 9.17. The van der Waals surface area contributed by atoms with Crippen LogP contribution in [-0.2, 0) is 6.32 Å². The van der Waals surface area contributed by atoms with Crippen molar-refractivity contribution < 1.29 is 9.68 Å². The van der Waals surface area contributed by atoms with Crippen molar-refractivity contribution in [3.63, 3.8) is 0 Å². The number of nitrogens with one attached hydrogen (secondary N) is 1. The van der Waals surface area contributed by atoms with Crippen LogP contribution in [0.1, 0.15) is 5.56 Å². The summed E-state index contributed by atoms with van der Waals surface area (Å²) >= 11 is 0. The molecule has 0 atom stereocenters. The predicted octanol–water partition coefficient (Wildman–Crippen LogP) is 0.683. The zero-order chi connectivity index (χ0) is 8.55. The zero-order valence-corrected chi connectivity index (χ0v) is 6.87. The van der Waals surface area contributed by atoms with E-state index in [1.807, 2.05) is 25.2 Å². The molecule has 0 radical (unpaired) electrons. The van der Waals surface area contributed by atoms with Gasteiger partial charge in [-0.1, -0.05) is 6.07 Å². The topological polar surface area (TPSA) is 41.5 Å². The molecule has 12 heavy (non-hydrogen) atoms. The third kappa shape index (κ3) is 1.14. The Balaban J connectivity index is 2.35. The summed E-state index contributed by atoms with van der Waals surface area (Å²) in [6, 6.07) is 5.84. The summed E-state index contributed by atoms with van der Waals surface area (Å²) < 4.78 is 5.16. The van der Waals surface area contributed by atoms with Crippen LogP contribution in [-0.4, -0.2) is 19.2 Å². The summed E-state index contributed by atoms with van der Waals surface area (Å²) in [6.07, 6.45) is 0.597. The number of fused-ring (bicyclic) bond motifs is 1. The molecule has 1 aliphatic rings. The van der Waals surface area contributed by atoms with E-state index in [9.17, 15) is 5.02 Å². The first kappa shape index (κ1) is 7.49. The molecule has 3 nitrogen and oxygen atoms in total. The Morgan fingerprint density at radius 2 is 2.42 bits per heavy atom. The van der Waals surface area contributed by atoms with Crippen molar-refractivity contribution in [3.05, 3.63) is 23.8 Å². The average molecular weight is 163 g/mol. The summed E-state index contributed by atoms with van der Waals surface area (Å²) in [7, 11) is 1.19. The Bertz CT molecular complexity index is 303. The van der Waals surface area contributed by atoms with Gasteiger partial charge >= 0.3 is 7.12 Å². The van der Waals surface area contributed by atoms with Crippen LogP contribution in [0, 0.1) is 0 Å². The van der Waals surface area contributed by atoms with E-state index in [0.717, 1.165) is 17.0 Å². The van der Waals surface area contributed by atoms with Gasteiger partial charge in [-0.25, -0.2) is 0 Å². The molecule has 0 aromatic heterocycles. The standard InChI is InChI=1S/C8H10BNO2/c1-10-7-3-2-6-5-9(11)12-8(6)4-7/h2-4,10-11H,5H2,1H3. The Morgan fingerprint density at radius 1 is 1.58 bits per heavy atom. The maximum absolute atomic E-state index is 9.17. The van der Waals surface area contributed by atoms with Gasteiger partial charge in [0.05, 0.1) is 0 Å². The van der Waals surface area contributed by atoms with Crippen molar-refractivity contribution in [2.24, 2.45) is 0 Å². The lowest BCUT2D eigenvalue weighted by molar-refractivity contribution is 0.431. The van der Waals surface area contributed by atoms with Crippen molar-refractivity contribution >= 4 is 12.8 Å². The normalized spacial score (nSPS) is 14.0. The van der Waals surface area contributed by atoms with Gasteiger partial charge in [-0.2, -0.15) is 0 Å². The molecule has 62 valence electrons. The number of anilines is 1. The Labute approximate surface area is 71.5 Å². The third-order valence-electron chi connectivity index (χ3n) is 2.01. The van der Waals surface area contributed by atoms with E-state index in [1.165, 1.54) is 0 Å². The molecule has 1 aromatic rings. The highest BCUT2D eigenvalue weighted by Crippen LogP contribution is 2.29. The van der Waals surface area contributed by atoms with Gasteiger partial charge < -0.3 is 15.0 Å². The molecule has 0 bridgehead atoms. The second-order valence-corrected chi connectivity index (χ2v) is 2.85. The van der Waals surface area contributed by atoms with Crippen LogP contribution in [0.5, 0.6) is 5.75 Å². The molecule has 0 spiro atoms. The molecule has 4 heteroatoms. The van der Waals surface area contributed by atoms with Gasteiger partial charge in [0, 0.05) is 25.1 Å². The Hall–Kier alpha value is -1.16. The Kier molecular flexibility index (Phi) is 1.69. The fourth-order valence-corrected chi connectivity index (χ4v) is 1.36. The lowest BCUT2D eigenvalue weighted by Crippen LogP contribution is -2.17. The minimum Gasteiger partial charge on any atom is -0.536 e. The highest BCUT2D eigenvalue weighted by Gasteiger charge is 2.26. The largest absolute Gasteiger partial charge is 0.536 e. The third-order valence-corrected chi connectivity index (χ3v) is 2.01. The van der Waals surface area contributed by atoms with Crippen LogP contribution in [0.3, 0.4) is 0 Å². The van der Waals surface area contributed by atoms with Crippen molar-refractivity contribution in [3.8, 4) is 5.75 Å². The van der Waals surface area contributed by atoms with Crippen molar-refractivity contribution in [1.82, 2.24) is 0 Å². The lowest BCUT2D eigenvalue weighted by Gasteiger charge is -2.03. The van der Waals surface area contributed by atoms with Crippen molar-refractivity contribution in [2.45, 2.75) is 6.32 Å². The second kappa shape index (κ2) is 2.71. The second-order valence-electron chi connectivity index (χ2n) is 2.85. The number of hydrogen-bond donors (Lipinski definition) is 2. The molecule has 2 N–H and O–H groups in total. The van der Waals surface area contributed by atoms with Gasteiger partial charge in [0.25, 0.3) is 0 Å². The van der Waals surface area contributed by atoms with Gasteiger partial charge in [0.1, 0.15) is 5.75 Å². The van der Waals surface area contributed by atoms with E-state index in [4.69, 9.17) is 4.65 Å². The molecule has 1 heterocycles. The van der Waals surface area contributed by atoms with Crippen molar-refractivity contribution in [2.75, 3.05) is 12.4 Å². The van der Waals surface area contributed by atoms with Gasteiger partial charge in [-0.3, -0.25) is 0 Å². The van der Waals surface area contributed by atoms with Gasteiger partial charge in [0.15, 0.2) is 0 Å². The summed E-state index contributed by atoms with van der Waals surface area (Å²) in [6.45, 7) is 0. The minimum atomic E-state index is -0.660. The highest BCUT2D eigenvalue weighted by molar-refractivity contribution is 6.44. The van der Waals surface area contributed by atoms with E-state index in [1.54, 1.807) is 0 Å². The van der Waals surface area contributed by atoms with Crippen LogP contribution in [0.15, 0.2) is 18.2 Å². The molecular formula is C8H10BNO2. The molecular weight excluding hydrogens is 153 g/mol. The number of hydrogen-bond acceptors (Lipinski definition) is 3. The van der Waals surface area contributed by atoms with Crippen molar-refractivity contribution in [1.29, 1.82) is 0 Å². The molecule has 1 aromatic carbocycles. The molecule has 0 saturated heterocycles. The first-order valence-corrected chi connectivity index (χ1v) is 3.95. The smallest absolute Gasteiger partial charge is 0.527 e. The number of rotatable bonds is 1. The fraction of sp³-hybridized carbons (Fsp3) is 0.250. The van der Waals surface area contributed by atoms with Crippen LogP contribution in [0.4, 0.5) is 5.69 Å². The fourth-order valence-electron chi connectivity index (χ4n) is 1.36. The van der Waals surface area contributed by atoms with Crippen LogP contribution in [0.2, 0.25) is 0 Å². The maximum Gasteiger partial charge on any atom is 0.527 e. The highest BCUT2D eigenvalue weighted by atomic mass is 16.5. The zero-order valence-electron chi connectivity index (χ0n) is 6.87. The van der Waals surface area contributed by atoms with E-state index in [0.29, 0.717) is 6.32 Å². The molecule has 0 saturated carbocycles. The summed E-state index contributed by atoms with van der Waals surface area (Å²) in [4.78, 5) is 0. The molecule has 0 fully saturated rings. The quantitative estimate of drug-likeness (QED) is 0.598.